The van der Waals surface area contributed by atoms with E-state index in [1.54, 1.807) is 9.72 Å². The zero-order chi connectivity index (χ0) is 17.3. The van der Waals surface area contributed by atoms with Crippen LogP contribution in [0.5, 0.6) is 0 Å². The molecule has 126 valence electrons. The third kappa shape index (κ3) is 16.6. The van der Waals surface area contributed by atoms with Gasteiger partial charge < -0.3 is 30.6 Å². The minimum Gasteiger partial charge on any atom is -0.415 e. The predicted molar refractivity (Wildman–Crippen MR) is 106 cm³/mol. The topological polar surface area (TPSA) is 26.0 Å². The molecule has 0 atom stereocenters. The Bertz CT molecular complexity index is 406. The van der Waals surface area contributed by atoms with E-state index in [4.69, 9.17) is 0 Å². The molecular weight excluding hydrogens is 372 g/mol. The molecular formula is C19H31NS2Zn. The van der Waals surface area contributed by atoms with Crippen molar-refractivity contribution in [2.24, 2.45) is 5.73 Å². The van der Waals surface area contributed by atoms with Crippen molar-refractivity contribution in [2.45, 2.75) is 77.6 Å². The second-order valence-corrected chi connectivity index (χ2v) is 8.76. The quantitative estimate of drug-likeness (QED) is 0.241. The Labute approximate surface area is 164 Å². The van der Waals surface area contributed by atoms with Crippen LogP contribution in [0.3, 0.4) is 0 Å². The van der Waals surface area contributed by atoms with Gasteiger partial charge in [-0.1, -0.05) is 17.7 Å². The molecule has 0 amide bonds. The summed E-state index contributed by atoms with van der Waals surface area (Å²) in [6.45, 7) is 2.29. The summed E-state index contributed by atoms with van der Waals surface area (Å²) in [5.41, 5.74) is 6.26. The molecule has 4 heteroatoms. The van der Waals surface area contributed by atoms with Gasteiger partial charge in [0.2, 0.25) is 0 Å². The van der Waals surface area contributed by atoms with Crippen LogP contribution in [0, 0.1) is 0 Å². The molecule has 0 bridgehead atoms. The molecule has 0 spiro atoms. The van der Waals surface area contributed by atoms with E-state index >= 15 is 0 Å². The molecule has 0 saturated carbocycles. The van der Waals surface area contributed by atoms with E-state index in [1.807, 2.05) is 0 Å². The molecule has 2 N–H and O–H groups in total. The average Bonchev–Trinajstić information content (AvgIpc) is 2.50. The molecule has 0 radical (unpaired) electrons. The van der Waals surface area contributed by atoms with Gasteiger partial charge in [0.15, 0.2) is 0 Å². The second kappa shape index (κ2) is 16.8. The number of unbranched alkanes of at least 4 members (excludes halogenated alkanes) is 9. The number of aryl methyl sites for hydroxylation is 1. The molecule has 0 fully saturated rings. The maximum Gasteiger partial charge on any atom is -0.0708 e. The van der Waals surface area contributed by atoms with Crippen molar-refractivity contribution in [1.82, 2.24) is 0 Å². The fraction of sp³-hybridized carbons (Fsp3) is 0.632. The molecule has 1 aromatic rings. The van der Waals surface area contributed by atoms with Gasteiger partial charge in [-0.15, -0.1) is 0 Å². The molecule has 1 aromatic carbocycles. The van der Waals surface area contributed by atoms with E-state index in [1.165, 1.54) is 88.9 Å². The summed E-state index contributed by atoms with van der Waals surface area (Å²) in [6, 6.07) is 8.95. The standard InChI is InChI=1S/C18H29.CH3NS2.Zn/c1-2-3-4-5-6-7-8-9-10-12-15-18-16-13-11-14-17-18;2-1(3)4;/h11,13-14,16H,2-10,12,15H2,1H3;(H3,2,3,4);/q;;+1/p-1. The van der Waals surface area contributed by atoms with E-state index in [0.29, 0.717) is 0 Å². The van der Waals surface area contributed by atoms with Gasteiger partial charge in [-0.05, 0) is 0 Å². The van der Waals surface area contributed by atoms with E-state index in [-0.39, 0.29) is 4.32 Å². The van der Waals surface area contributed by atoms with Gasteiger partial charge in [0.1, 0.15) is 0 Å². The number of hydrogen-bond acceptors (Lipinski definition) is 2. The Morgan fingerprint density at radius 3 is 1.87 bits per heavy atom. The molecule has 23 heavy (non-hydrogen) atoms. The maximum atomic E-state index is 4.66. The van der Waals surface area contributed by atoms with Crippen molar-refractivity contribution >= 4 is 33.3 Å². The summed E-state index contributed by atoms with van der Waals surface area (Å²) in [4.78, 5) is 0. The average molecular weight is 403 g/mol. The van der Waals surface area contributed by atoms with Crippen molar-refractivity contribution in [2.75, 3.05) is 0 Å². The summed E-state index contributed by atoms with van der Waals surface area (Å²) in [5, 5.41) is 0. The molecule has 1 nitrogen and oxygen atoms in total. The van der Waals surface area contributed by atoms with E-state index in [0.717, 1.165) is 0 Å². The van der Waals surface area contributed by atoms with Gasteiger partial charge in [0.25, 0.3) is 0 Å². The Kier molecular flexibility index (Phi) is 16.8. The van der Waals surface area contributed by atoms with Crippen LogP contribution in [0.25, 0.3) is 0 Å². The van der Waals surface area contributed by atoms with Crippen LogP contribution in [-0.4, -0.2) is 4.32 Å². The van der Waals surface area contributed by atoms with Gasteiger partial charge in [0.05, 0.1) is 0 Å². The number of thiocarbonyl (C=S) groups is 1. The fourth-order valence-electron chi connectivity index (χ4n) is 2.60. The fourth-order valence-corrected chi connectivity index (χ4v) is 3.51. The maximum absolute atomic E-state index is 4.66. The van der Waals surface area contributed by atoms with Crippen molar-refractivity contribution in [3.05, 3.63) is 29.8 Å². The first kappa shape index (κ1) is 23.0. The van der Waals surface area contributed by atoms with Crippen LogP contribution >= 0.6 is 12.2 Å². The normalized spacial score (nSPS) is 10.0. The Balaban J connectivity index is 0.00000108. The van der Waals surface area contributed by atoms with Crippen LogP contribution in [-0.2, 0) is 37.4 Å². The van der Waals surface area contributed by atoms with Crippen LogP contribution in [0.2, 0.25) is 0 Å². The van der Waals surface area contributed by atoms with E-state index < -0.39 is 0 Å². The predicted octanol–water partition coefficient (Wildman–Crippen LogP) is 5.10. The Morgan fingerprint density at radius 1 is 0.957 bits per heavy atom. The second-order valence-electron chi connectivity index (χ2n) is 6.02. The number of nitrogens with two attached hydrogens (primary N) is 1. The Morgan fingerprint density at radius 2 is 1.39 bits per heavy atom. The van der Waals surface area contributed by atoms with Gasteiger partial charge in [-0.3, -0.25) is 0 Å². The molecule has 1 rings (SSSR count). The zero-order valence-electron chi connectivity index (χ0n) is 14.7. The molecule has 0 heterocycles. The summed E-state index contributed by atoms with van der Waals surface area (Å²) in [6.07, 6.45) is 15.6. The van der Waals surface area contributed by atoms with Crippen LogP contribution in [0.1, 0.15) is 76.7 Å². The molecule has 0 saturated heterocycles. The van der Waals surface area contributed by atoms with Crippen LogP contribution in [0.15, 0.2) is 24.3 Å². The molecule has 0 aromatic heterocycles. The first-order valence-corrected chi connectivity index (χ1v) is 11.2. The largest absolute Gasteiger partial charge is 0.415 e. The number of hydrogen-bond donors (Lipinski definition) is 1. The monoisotopic (exact) mass is 401 g/mol. The van der Waals surface area contributed by atoms with Gasteiger partial charge in [0, 0.05) is 0 Å². The first-order valence-electron chi connectivity index (χ1n) is 8.94. The van der Waals surface area contributed by atoms with Crippen molar-refractivity contribution < 1.29 is 18.3 Å². The van der Waals surface area contributed by atoms with Gasteiger partial charge in [-0.25, -0.2) is 0 Å². The minimum absolute atomic E-state index is 0.0833. The SMILES string of the molecule is CCCCCCCCCCCCc1cccc[c]1[Zn+].NC(=S)[S-]. The summed E-state index contributed by atoms with van der Waals surface area (Å²) in [5.74, 6) is 0. The van der Waals surface area contributed by atoms with Crippen molar-refractivity contribution in [3.8, 4) is 0 Å². The molecule has 0 aliphatic rings. The molecule has 0 aliphatic carbocycles. The summed E-state index contributed by atoms with van der Waals surface area (Å²) in [7, 11) is 0. The van der Waals surface area contributed by atoms with E-state index in [2.05, 4.69) is 61.8 Å². The molecule has 0 unspecified atom stereocenters. The van der Waals surface area contributed by atoms with Crippen molar-refractivity contribution in [3.63, 3.8) is 0 Å². The van der Waals surface area contributed by atoms with Crippen LogP contribution in [0.4, 0.5) is 0 Å². The number of benzene rings is 1. The summed E-state index contributed by atoms with van der Waals surface area (Å²) >= 11 is 9.56. The zero-order valence-corrected chi connectivity index (χ0v) is 19.3. The van der Waals surface area contributed by atoms with Crippen LogP contribution < -0.4 is 9.89 Å². The Hall–Kier alpha value is -0.0466. The smallest absolute Gasteiger partial charge is 0.0708 e. The number of rotatable bonds is 11. The van der Waals surface area contributed by atoms with Crippen molar-refractivity contribution in [1.29, 1.82) is 0 Å². The van der Waals surface area contributed by atoms with E-state index in [9.17, 15) is 0 Å². The third-order valence-electron chi connectivity index (χ3n) is 3.92. The first-order chi connectivity index (χ1) is 11.1. The minimum atomic E-state index is 0.0833. The molecule has 0 aliphatic heterocycles. The third-order valence-corrected chi connectivity index (χ3v) is 5.37. The summed E-state index contributed by atoms with van der Waals surface area (Å²) < 4.78 is 1.67. The van der Waals surface area contributed by atoms with Gasteiger partial charge >= 0.3 is 116 Å². The van der Waals surface area contributed by atoms with Gasteiger partial charge in [-0.2, -0.15) is 0 Å².